The molecule has 0 spiro atoms. The van der Waals surface area contributed by atoms with Crippen LogP contribution in [0.1, 0.15) is 0 Å². The van der Waals surface area contributed by atoms with E-state index in [9.17, 15) is 5.11 Å². The summed E-state index contributed by atoms with van der Waals surface area (Å²) in [6, 6.07) is 11.1. The number of hydrogen-bond acceptors (Lipinski definition) is 3. The van der Waals surface area contributed by atoms with Gasteiger partial charge in [0.05, 0.1) is 6.61 Å². The summed E-state index contributed by atoms with van der Waals surface area (Å²) in [5.41, 5.74) is 0.864. The normalized spacial score (nSPS) is 10.4. The monoisotopic (exact) mass is 276 g/mol. The van der Waals surface area contributed by atoms with Crippen molar-refractivity contribution in [2.24, 2.45) is 0 Å². The summed E-state index contributed by atoms with van der Waals surface area (Å²) in [6.07, 6.45) is 0. The Labute approximate surface area is 117 Å². The molecule has 0 unspecified atom stereocenters. The molecule has 0 radical (unpaired) electrons. The second kappa shape index (κ2) is 6.36. The molecule has 0 aliphatic rings. The van der Waals surface area contributed by atoms with E-state index in [4.69, 9.17) is 17.0 Å². The Hall–Kier alpha value is -1.85. The number of thiocarbonyl (C=S) groups is 1. The number of nitrogens with one attached hydrogen (secondary N) is 2. The van der Waals surface area contributed by atoms with Crippen LogP contribution < -0.4 is 10.6 Å². The first-order valence-electron chi connectivity index (χ1n) is 5.97. The first kappa shape index (κ1) is 13.6. The van der Waals surface area contributed by atoms with Gasteiger partial charge in [-0.1, -0.05) is 24.3 Å². The topological polar surface area (TPSA) is 53.5 Å². The largest absolute Gasteiger partial charge is 0.507 e. The minimum atomic E-state index is 0.263. The van der Waals surface area contributed by atoms with E-state index in [0.29, 0.717) is 18.3 Å². The molecule has 0 heterocycles. The Balaban J connectivity index is 2.17. The molecule has 19 heavy (non-hydrogen) atoms. The van der Waals surface area contributed by atoms with Crippen LogP contribution in [-0.2, 0) is 4.74 Å². The molecule has 4 nitrogen and oxygen atoms in total. The van der Waals surface area contributed by atoms with Crippen LogP contribution in [0.25, 0.3) is 10.8 Å². The highest BCUT2D eigenvalue weighted by Crippen LogP contribution is 2.29. The summed E-state index contributed by atoms with van der Waals surface area (Å²) in [5.74, 6) is 0.263. The van der Waals surface area contributed by atoms with Gasteiger partial charge < -0.3 is 20.5 Å². The van der Waals surface area contributed by atoms with E-state index in [1.165, 1.54) is 0 Å². The number of benzene rings is 2. The van der Waals surface area contributed by atoms with Crippen molar-refractivity contribution in [3.8, 4) is 5.75 Å². The number of hydrogen-bond donors (Lipinski definition) is 3. The van der Waals surface area contributed by atoms with Gasteiger partial charge in [0.25, 0.3) is 0 Å². The van der Waals surface area contributed by atoms with E-state index in [1.807, 2.05) is 30.3 Å². The molecule has 2 rings (SSSR count). The van der Waals surface area contributed by atoms with Crippen LogP contribution in [0.2, 0.25) is 0 Å². The number of aromatic hydroxyl groups is 1. The summed E-state index contributed by atoms with van der Waals surface area (Å²) in [6.45, 7) is 1.25. The number of methoxy groups -OCH3 is 1. The molecule has 0 aliphatic carbocycles. The fraction of sp³-hybridized carbons (Fsp3) is 0.214. The van der Waals surface area contributed by atoms with Crippen molar-refractivity contribution in [2.45, 2.75) is 0 Å². The quantitative estimate of drug-likeness (QED) is 0.591. The van der Waals surface area contributed by atoms with E-state index >= 15 is 0 Å². The van der Waals surface area contributed by atoms with Crippen molar-refractivity contribution < 1.29 is 9.84 Å². The number of rotatable bonds is 4. The number of ether oxygens (including phenoxy) is 1. The van der Waals surface area contributed by atoms with Gasteiger partial charge in [-0.25, -0.2) is 0 Å². The van der Waals surface area contributed by atoms with Crippen LogP contribution in [0, 0.1) is 0 Å². The van der Waals surface area contributed by atoms with E-state index in [1.54, 1.807) is 13.2 Å². The Bertz CT molecular complexity index is 587. The minimum Gasteiger partial charge on any atom is -0.507 e. The molecule has 3 N–H and O–H groups in total. The lowest BCUT2D eigenvalue weighted by Gasteiger charge is -2.12. The molecular formula is C14H16N2O2S. The third kappa shape index (κ3) is 3.33. The molecule has 0 saturated carbocycles. The third-order valence-electron chi connectivity index (χ3n) is 2.74. The highest BCUT2D eigenvalue weighted by molar-refractivity contribution is 7.80. The Kier molecular flexibility index (Phi) is 4.54. The maximum absolute atomic E-state index is 9.81. The van der Waals surface area contributed by atoms with Crippen molar-refractivity contribution in [3.05, 3.63) is 36.4 Å². The molecule has 5 heteroatoms. The van der Waals surface area contributed by atoms with Gasteiger partial charge in [0.1, 0.15) is 5.75 Å². The van der Waals surface area contributed by atoms with Crippen molar-refractivity contribution in [3.63, 3.8) is 0 Å². The van der Waals surface area contributed by atoms with Crippen LogP contribution in [0.3, 0.4) is 0 Å². The van der Waals surface area contributed by atoms with Crippen LogP contribution >= 0.6 is 12.2 Å². The van der Waals surface area contributed by atoms with Gasteiger partial charge in [-0.05, 0) is 24.4 Å². The van der Waals surface area contributed by atoms with Gasteiger partial charge in [0, 0.05) is 30.1 Å². The summed E-state index contributed by atoms with van der Waals surface area (Å²) < 4.78 is 4.95. The molecular weight excluding hydrogens is 260 g/mol. The first-order chi connectivity index (χ1) is 9.22. The fourth-order valence-electron chi connectivity index (χ4n) is 1.84. The summed E-state index contributed by atoms with van der Waals surface area (Å²) in [5, 5.41) is 18.2. The van der Waals surface area contributed by atoms with Crippen LogP contribution in [0.4, 0.5) is 5.69 Å². The van der Waals surface area contributed by atoms with Gasteiger partial charge in [-0.2, -0.15) is 0 Å². The highest BCUT2D eigenvalue weighted by Gasteiger charge is 2.05. The van der Waals surface area contributed by atoms with Crippen molar-refractivity contribution in [1.29, 1.82) is 0 Å². The van der Waals surface area contributed by atoms with Gasteiger partial charge in [0.15, 0.2) is 5.11 Å². The molecule has 2 aromatic carbocycles. The van der Waals surface area contributed by atoms with Gasteiger partial charge in [-0.3, -0.25) is 0 Å². The van der Waals surface area contributed by atoms with Crippen molar-refractivity contribution in [2.75, 3.05) is 25.6 Å². The van der Waals surface area contributed by atoms with Crippen LogP contribution in [0.15, 0.2) is 36.4 Å². The Morgan fingerprint density at radius 2 is 1.95 bits per heavy atom. The second-order valence-corrected chi connectivity index (χ2v) is 4.46. The lowest BCUT2D eigenvalue weighted by atomic mass is 10.1. The third-order valence-corrected chi connectivity index (χ3v) is 2.99. The van der Waals surface area contributed by atoms with E-state index in [2.05, 4.69) is 10.6 Å². The van der Waals surface area contributed by atoms with E-state index < -0.39 is 0 Å². The zero-order valence-corrected chi connectivity index (χ0v) is 11.5. The average Bonchev–Trinajstić information content (AvgIpc) is 2.40. The smallest absolute Gasteiger partial charge is 0.170 e. The maximum Gasteiger partial charge on any atom is 0.170 e. The highest BCUT2D eigenvalue weighted by atomic mass is 32.1. The molecule has 0 saturated heterocycles. The number of phenolic OH excluding ortho intramolecular Hbond substituents is 1. The maximum atomic E-state index is 9.81. The van der Waals surface area contributed by atoms with E-state index in [-0.39, 0.29) is 5.75 Å². The first-order valence-corrected chi connectivity index (χ1v) is 6.37. The lowest BCUT2D eigenvalue weighted by Crippen LogP contribution is -2.31. The van der Waals surface area contributed by atoms with Crippen LogP contribution in [-0.4, -0.2) is 30.5 Å². The number of phenols is 1. The number of fused-ring (bicyclic) bond motifs is 1. The molecule has 100 valence electrons. The van der Waals surface area contributed by atoms with Gasteiger partial charge in [-0.15, -0.1) is 0 Å². The predicted octanol–water partition coefficient (Wildman–Crippen LogP) is 2.48. The minimum absolute atomic E-state index is 0.263. The van der Waals surface area contributed by atoms with Crippen molar-refractivity contribution in [1.82, 2.24) is 5.32 Å². The SMILES string of the molecule is COCCNC(=S)Nc1cccc2c(O)cccc12. The Morgan fingerprint density at radius 1 is 1.21 bits per heavy atom. The summed E-state index contributed by atoms with van der Waals surface area (Å²) >= 11 is 5.20. The Morgan fingerprint density at radius 3 is 2.74 bits per heavy atom. The summed E-state index contributed by atoms with van der Waals surface area (Å²) in [7, 11) is 1.64. The van der Waals surface area contributed by atoms with Gasteiger partial charge >= 0.3 is 0 Å². The lowest BCUT2D eigenvalue weighted by molar-refractivity contribution is 0.204. The van der Waals surface area contributed by atoms with Gasteiger partial charge in [0.2, 0.25) is 0 Å². The zero-order valence-electron chi connectivity index (χ0n) is 10.6. The molecule has 2 aromatic rings. The fourth-order valence-corrected chi connectivity index (χ4v) is 2.05. The van der Waals surface area contributed by atoms with Crippen molar-refractivity contribution >= 4 is 33.8 Å². The molecule has 0 aromatic heterocycles. The predicted molar refractivity (Wildman–Crippen MR) is 81.7 cm³/mol. The van der Waals surface area contributed by atoms with Crippen LogP contribution in [0.5, 0.6) is 5.75 Å². The second-order valence-electron chi connectivity index (χ2n) is 4.05. The average molecular weight is 276 g/mol. The molecule has 0 amide bonds. The molecule has 0 aliphatic heterocycles. The standard InChI is InChI=1S/C14H16N2O2S/c1-18-9-8-15-14(19)16-12-6-2-5-11-10(12)4-3-7-13(11)17/h2-7,17H,8-9H2,1H3,(H2,15,16,19). The number of anilines is 1. The zero-order chi connectivity index (χ0) is 13.7. The summed E-state index contributed by atoms with van der Waals surface area (Å²) in [4.78, 5) is 0. The molecule has 0 bridgehead atoms. The van der Waals surface area contributed by atoms with E-state index in [0.717, 1.165) is 16.5 Å². The molecule has 0 atom stereocenters. The molecule has 0 fully saturated rings.